The number of imidazole rings is 1. The number of carbonyl (C=O) groups excluding carboxylic acids is 1. The smallest absolute Gasteiger partial charge is 0.420 e. The number of nitriles is 1. The van der Waals surface area contributed by atoms with E-state index in [-0.39, 0.29) is 0 Å². The number of ether oxygens (including phenoxy) is 1. The predicted molar refractivity (Wildman–Crippen MR) is 90.7 cm³/mol. The molecule has 0 spiro atoms. The van der Waals surface area contributed by atoms with E-state index in [0.29, 0.717) is 21.9 Å². The van der Waals surface area contributed by atoms with Gasteiger partial charge in [-0.15, -0.1) is 0 Å². The number of carbonyl (C=O) groups is 1. The lowest BCUT2D eigenvalue weighted by Gasteiger charge is -2.19. The number of hydrogen-bond donors (Lipinski definition) is 1. The molecule has 0 aliphatic heterocycles. The van der Waals surface area contributed by atoms with Crippen molar-refractivity contribution in [2.75, 3.05) is 6.26 Å². The molecule has 0 atom stereocenters. The summed E-state index contributed by atoms with van der Waals surface area (Å²) in [5.74, 6) is 0. The average Bonchev–Trinajstić information content (AvgIpc) is 2.88. The van der Waals surface area contributed by atoms with E-state index in [1.807, 2.05) is 33.2 Å². The molecule has 0 amide bonds. The largest absolute Gasteiger partial charge is 0.443 e. The number of hydrogen-bond acceptors (Lipinski definition) is 6. The van der Waals surface area contributed by atoms with E-state index in [1.165, 1.54) is 22.7 Å². The van der Waals surface area contributed by atoms with Gasteiger partial charge in [0.25, 0.3) is 0 Å². The number of nitrogens with zero attached hydrogens (tertiary/aromatic N) is 4. The highest BCUT2D eigenvalue weighted by Crippen LogP contribution is 2.22. The molecule has 1 aromatic heterocycles. The van der Waals surface area contributed by atoms with Crippen LogP contribution < -0.4 is 5.32 Å². The summed E-state index contributed by atoms with van der Waals surface area (Å²) >= 11 is 1.33. The fraction of sp³-hybridized carbons (Fsp3) is 0.333. The molecule has 1 heterocycles. The second-order valence-corrected chi connectivity index (χ2v) is 6.42. The molecular weight excluding hydrogens is 314 g/mol. The molecule has 2 rings (SSSR count). The van der Waals surface area contributed by atoms with Gasteiger partial charge in [-0.05, 0) is 45.2 Å². The topological polar surface area (TPSA) is 92.3 Å². The predicted octanol–water partition coefficient (Wildman–Crippen LogP) is 3.24. The normalized spacial score (nSPS) is 12.0. The Kier molecular flexibility index (Phi) is 4.91. The Labute approximate surface area is 138 Å². The zero-order chi connectivity index (χ0) is 17.0. The molecule has 0 aliphatic carbocycles. The van der Waals surface area contributed by atoms with Crippen molar-refractivity contribution in [2.24, 2.45) is 4.99 Å². The Bertz CT molecular complexity index is 798. The first-order chi connectivity index (χ1) is 10.8. The quantitative estimate of drug-likeness (QED) is 0.373. The van der Waals surface area contributed by atoms with Crippen LogP contribution in [0, 0.1) is 11.5 Å². The molecule has 23 heavy (non-hydrogen) atoms. The number of aliphatic imine (C=N–C) groups is 1. The SMILES string of the molecule is CSC(=Nc1ccc2c(c1)ncn2C(=O)OC(C)(C)C)NC#N. The van der Waals surface area contributed by atoms with E-state index in [2.05, 4.69) is 15.3 Å². The maximum atomic E-state index is 12.2. The summed E-state index contributed by atoms with van der Waals surface area (Å²) in [5, 5.41) is 11.6. The van der Waals surface area contributed by atoms with Crippen LogP contribution in [0.15, 0.2) is 29.5 Å². The highest BCUT2D eigenvalue weighted by molar-refractivity contribution is 8.13. The first-order valence-corrected chi connectivity index (χ1v) is 8.05. The number of benzene rings is 1. The zero-order valence-electron chi connectivity index (χ0n) is 13.3. The van der Waals surface area contributed by atoms with Crippen molar-refractivity contribution in [2.45, 2.75) is 26.4 Å². The molecule has 0 fully saturated rings. The second kappa shape index (κ2) is 6.71. The molecule has 0 saturated carbocycles. The molecule has 1 N–H and O–H groups in total. The van der Waals surface area contributed by atoms with Crippen LogP contribution in [0.3, 0.4) is 0 Å². The lowest BCUT2D eigenvalue weighted by molar-refractivity contribution is 0.0543. The first kappa shape index (κ1) is 16.8. The minimum absolute atomic E-state index is 0.479. The number of thioether (sulfide) groups is 1. The monoisotopic (exact) mass is 331 g/mol. The maximum absolute atomic E-state index is 12.2. The highest BCUT2D eigenvalue weighted by Gasteiger charge is 2.19. The van der Waals surface area contributed by atoms with Crippen LogP contribution in [0.25, 0.3) is 11.0 Å². The van der Waals surface area contributed by atoms with Crippen LogP contribution >= 0.6 is 11.8 Å². The van der Waals surface area contributed by atoms with E-state index in [1.54, 1.807) is 18.2 Å². The third-order valence-electron chi connectivity index (χ3n) is 2.71. The molecule has 0 aliphatic rings. The van der Waals surface area contributed by atoms with Gasteiger partial charge in [-0.1, -0.05) is 11.8 Å². The van der Waals surface area contributed by atoms with Gasteiger partial charge in [0.1, 0.15) is 11.9 Å². The van der Waals surface area contributed by atoms with Gasteiger partial charge in [0.2, 0.25) is 0 Å². The van der Waals surface area contributed by atoms with E-state index >= 15 is 0 Å². The summed E-state index contributed by atoms with van der Waals surface area (Å²) in [6, 6.07) is 5.24. The molecule has 7 nitrogen and oxygen atoms in total. The standard InChI is InChI=1S/C15H17N5O2S/c1-15(2,3)22-14(21)20-9-18-11-7-10(5-6-12(11)20)19-13(23-4)17-8-16/h5-7,9H,1-4H3,(H,17,19). The van der Waals surface area contributed by atoms with Crippen LogP contribution in [-0.2, 0) is 4.74 Å². The Hall–Kier alpha value is -2.53. The number of amidine groups is 1. The van der Waals surface area contributed by atoms with Crippen LogP contribution in [-0.4, -0.2) is 32.7 Å². The van der Waals surface area contributed by atoms with Crippen LogP contribution in [0.2, 0.25) is 0 Å². The van der Waals surface area contributed by atoms with Crippen molar-refractivity contribution in [1.29, 1.82) is 5.26 Å². The minimum atomic E-state index is -0.575. The molecule has 0 bridgehead atoms. The molecule has 2 aromatic rings. The molecule has 1 aromatic carbocycles. The molecule has 120 valence electrons. The van der Waals surface area contributed by atoms with Gasteiger partial charge < -0.3 is 4.74 Å². The van der Waals surface area contributed by atoms with Crippen LogP contribution in [0.4, 0.5) is 10.5 Å². The van der Waals surface area contributed by atoms with Gasteiger partial charge in [0.05, 0.1) is 16.7 Å². The number of fused-ring (bicyclic) bond motifs is 1. The molecule has 0 unspecified atom stereocenters. The summed E-state index contributed by atoms with van der Waals surface area (Å²) in [6.45, 7) is 5.43. The Balaban J connectivity index is 2.34. The van der Waals surface area contributed by atoms with Gasteiger partial charge in [0.15, 0.2) is 11.4 Å². The van der Waals surface area contributed by atoms with E-state index < -0.39 is 11.7 Å². The third-order valence-corrected chi connectivity index (χ3v) is 3.29. The summed E-state index contributed by atoms with van der Waals surface area (Å²) in [6.07, 6.45) is 4.60. The molecule has 8 heteroatoms. The fourth-order valence-corrected chi connectivity index (χ4v) is 2.16. The molecule has 0 radical (unpaired) electrons. The highest BCUT2D eigenvalue weighted by atomic mass is 32.2. The Morgan fingerprint density at radius 2 is 2.22 bits per heavy atom. The number of rotatable bonds is 1. The van der Waals surface area contributed by atoms with E-state index in [4.69, 9.17) is 10.00 Å². The summed E-state index contributed by atoms with van der Waals surface area (Å²) < 4.78 is 6.70. The maximum Gasteiger partial charge on any atom is 0.420 e. The van der Waals surface area contributed by atoms with Crippen LogP contribution in [0.5, 0.6) is 0 Å². The van der Waals surface area contributed by atoms with Crippen molar-refractivity contribution in [3.8, 4) is 6.19 Å². The van der Waals surface area contributed by atoms with Crippen LogP contribution in [0.1, 0.15) is 20.8 Å². The van der Waals surface area contributed by atoms with Gasteiger partial charge in [-0.25, -0.2) is 19.3 Å². The Morgan fingerprint density at radius 3 is 2.83 bits per heavy atom. The van der Waals surface area contributed by atoms with Crippen molar-refractivity contribution >= 4 is 39.7 Å². The summed E-state index contributed by atoms with van der Waals surface area (Å²) in [5.41, 5.74) is 1.32. The first-order valence-electron chi connectivity index (χ1n) is 6.82. The van der Waals surface area contributed by atoms with Gasteiger partial charge in [0, 0.05) is 0 Å². The van der Waals surface area contributed by atoms with Gasteiger partial charge in [-0.3, -0.25) is 5.32 Å². The third kappa shape index (κ3) is 4.23. The summed E-state index contributed by atoms with van der Waals surface area (Å²) in [7, 11) is 0. The number of nitrogens with one attached hydrogen (secondary N) is 1. The van der Waals surface area contributed by atoms with E-state index in [0.717, 1.165) is 0 Å². The summed E-state index contributed by atoms with van der Waals surface area (Å²) in [4.78, 5) is 20.7. The lowest BCUT2D eigenvalue weighted by Crippen LogP contribution is -2.26. The Morgan fingerprint density at radius 1 is 1.48 bits per heavy atom. The van der Waals surface area contributed by atoms with Crippen molar-refractivity contribution in [1.82, 2.24) is 14.9 Å². The second-order valence-electron chi connectivity index (χ2n) is 5.63. The average molecular weight is 331 g/mol. The molecular formula is C15H17N5O2S. The van der Waals surface area contributed by atoms with Crippen molar-refractivity contribution in [3.63, 3.8) is 0 Å². The van der Waals surface area contributed by atoms with Crippen molar-refractivity contribution in [3.05, 3.63) is 24.5 Å². The van der Waals surface area contributed by atoms with Gasteiger partial charge in [-0.2, -0.15) is 5.26 Å². The lowest BCUT2D eigenvalue weighted by atomic mass is 10.2. The van der Waals surface area contributed by atoms with Crippen molar-refractivity contribution < 1.29 is 9.53 Å². The fourth-order valence-electron chi connectivity index (χ4n) is 1.82. The molecule has 0 saturated heterocycles. The zero-order valence-corrected chi connectivity index (χ0v) is 14.1. The minimum Gasteiger partial charge on any atom is -0.443 e. The van der Waals surface area contributed by atoms with E-state index in [9.17, 15) is 4.79 Å². The van der Waals surface area contributed by atoms with Gasteiger partial charge >= 0.3 is 6.09 Å². The number of aromatic nitrogens is 2.